The number of nitrogens with zero attached hydrogens (tertiary/aromatic N) is 3. The van der Waals surface area contributed by atoms with Crippen LogP contribution >= 0.6 is 27.3 Å². The second-order valence-corrected chi connectivity index (χ2v) is 5.29. The van der Waals surface area contributed by atoms with Crippen molar-refractivity contribution in [2.24, 2.45) is 0 Å². The van der Waals surface area contributed by atoms with Crippen molar-refractivity contribution in [3.8, 4) is 0 Å². The third-order valence-corrected chi connectivity index (χ3v) is 3.84. The van der Waals surface area contributed by atoms with Crippen LogP contribution in [0.5, 0.6) is 0 Å². The normalized spacial score (nSPS) is 10.3. The van der Waals surface area contributed by atoms with E-state index in [2.05, 4.69) is 41.5 Å². The summed E-state index contributed by atoms with van der Waals surface area (Å²) < 4.78 is 0.867. The van der Waals surface area contributed by atoms with Gasteiger partial charge in [-0.2, -0.15) is 0 Å². The van der Waals surface area contributed by atoms with E-state index in [1.165, 1.54) is 0 Å². The van der Waals surface area contributed by atoms with E-state index in [1.54, 1.807) is 17.7 Å². The van der Waals surface area contributed by atoms with Crippen LogP contribution in [0.4, 0.5) is 11.6 Å². The maximum atomic E-state index is 4.24. The van der Waals surface area contributed by atoms with Gasteiger partial charge in [-0.05, 0) is 22.9 Å². The van der Waals surface area contributed by atoms with E-state index < -0.39 is 0 Å². The Balaban J connectivity index is 1.94. The first kappa shape index (κ1) is 13.2. The molecule has 2 heterocycles. The second-order valence-electron chi connectivity index (χ2n) is 3.52. The summed E-state index contributed by atoms with van der Waals surface area (Å²) in [5.41, 5.74) is 0. The van der Waals surface area contributed by atoms with Crippen LogP contribution < -0.4 is 10.6 Å². The molecule has 7 heteroatoms. The highest BCUT2D eigenvalue weighted by Gasteiger charge is 2.07. The van der Waals surface area contributed by atoms with Gasteiger partial charge in [0, 0.05) is 31.1 Å². The van der Waals surface area contributed by atoms with Gasteiger partial charge in [-0.1, -0.05) is 0 Å². The van der Waals surface area contributed by atoms with Crippen molar-refractivity contribution >= 4 is 38.9 Å². The Kier molecular flexibility index (Phi) is 4.89. The first-order chi connectivity index (χ1) is 8.81. The fourth-order valence-corrected chi connectivity index (χ4v) is 2.55. The molecule has 0 bridgehead atoms. The summed E-state index contributed by atoms with van der Waals surface area (Å²) in [4.78, 5) is 12.6. The number of thiazole rings is 1. The van der Waals surface area contributed by atoms with E-state index >= 15 is 0 Å². The molecule has 0 saturated carbocycles. The molecule has 0 spiro atoms. The van der Waals surface area contributed by atoms with Gasteiger partial charge >= 0.3 is 0 Å². The Morgan fingerprint density at radius 1 is 1.22 bits per heavy atom. The van der Waals surface area contributed by atoms with Gasteiger partial charge in [0.2, 0.25) is 0 Å². The van der Waals surface area contributed by atoms with Crippen LogP contribution in [0.15, 0.2) is 22.4 Å². The fourth-order valence-electron chi connectivity index (χ4n) is 1.45. The lowest BCUT2D eigenvalue weighted by molar-refractivity contribution is 0.978. The van der Waals surface area contributed by atoms with Crippen LogP contribution in [0.25, 0.3) is 0 Å². The maximum Gasteiger partial charge on any atom is 0.145 e. The van der Waals surface area contributed by atoms with E-state index in [4.69, 9.17) is 0 Å². The average molecular weight is 328 g/mol. The molecule has 5 nitrogen and oxygen atoms in total. The van der Waals surface area contributed by atoms with Crippen molar-refractivity contribution in [3.63, 3.8) is 0 Å². The standard InChI is InChI=1S/C11H14BrN5S/c1-2-13-10-9(12)11(17-7-16-10)15-4-3-8-14-5-6-18-8/h5-7H,2-4H2,1H3,(H2,13,15,16,17). The molecule has 0 aliphatic rings. The van der Waals surface area contributed by atoms with Crippen molar-refractivity contribution < 1.29 is 0 Å². The molecule has 0 aliphatic heterocycles. The number of halogens is 1. The zero-order valence-corrected chi connectivity index (χ0v) is 12.4. The Morgan fingerprint density at radius 2 is 2.00 bits per heavy atom. The minimum absolute atomic E-state index is 0.800. The third kappa shape index (κ3) is 3.39. The molecule has 2 rings (SSSR count). The maximum absolute atomic E-state index is 4.24. The smallest absolute Gasteiger partial charge is 0.145 e. The van der Waals surface area contributed by atoms with Crippen LogP contribution in [0.3, 0.4) is 0 Å². The van der Waals surface area contributed by atoms with E-state index in [9.17, 15) is 0 Å². The molecular formula is C11H14BrN5S. The number of anilines is 2. The summed E-state index contributed by atoms with van der Waals surface area (Å²) in [7, 11) is 0. The molecule has 0 radical (unpaired) electrons. The van der Waals surface area contributed by atoms with Gasteiger partial charge in [0.15, 0.2) is 0 Å². The predicted octanol–water partition coefficient (Wildman–Crippen LogP) is 2.78. The van der Waals surface area contributed by atoms with Crippen LogP contribution in [0.1, 0.15) is 11.9 Å². The lowest BCUT2D eigenvalue weighted by Gasteiger charge is -2.10. The number of nitrogens with one attached hydrogen (secondary N) is 2. The lowest BCUT2D eigenvalue weighted by Crippen LogP contribution is -2.09. The predicted molar refractivity (Wildman–Crippen MR) is 78.2 cm³/mol. The van der Waals surface area contributed by atoms with Gasteiger partial charge < -0.3 is 10.6 Å². The van der Waals surface area contributed by atoms with Crippen molar-refractivity contribution in [2.45, 2.75) is 13.3 Å². The van der Waals surface area contributed by atoms with Crippen molar-refractivity contribution in [1.82, 2.24) is 15.0 Å². The van der Waals surface area contributed by atoms with Gasteiger partial charge in [-0.3, -0.25) is 0 Å². The molecular weight excluding hydrogens is 314 g/mol. The molecule has 96 valence electrons. The molecule has 2 aromatic rings. The summed E-state index contributed by atoms with van der Waals surface area (Å²) in [6.45, 7) is 3.66. The lowest BCUT2D eigenvalue weighted by atomic mass is 10.4. The van der Waals surface area contributed by atoms with Gasteiger partial charge in [0.1, 0.15) is 22.4 Å². The minimum Gasteiger partial charge on any atom is -0.369 e. The van der Waals surface area contributed by atoms with Crippen LogP contribution in [0.2, 0.25) is 0 Å². The van der Waals surface area contributed by atoms with Gasteiger partial charge in [0.05, 0.1) is 5.01 Å². The van der Waals surface area contributed by atoms with Crippen LogP contribution in [0, 0.1) is 0 Å². The fraction of sp³-hybridized carbons (Fsp3) is 0.364. The first-order valence-corrected chi connectivity index (χ1v) is 7.35. The van der Waals surface area contributed by atoms with Crippen molar-refractivity contribution in [2.75, 3.05) is 23.7 Å². The summed E-state index contributed by atoms with van der Waals surface area (Å²) in [5, 5.41) is 9.56. The zero-order chi connectivity index (χ0) is 12.8. The zero-order valence-electron chi connectivity index (χ0n) is 9.98. The quantitative estimate of drug-likeness (QED) is 0.854. The van der Waals surface area contributed by atoms with E-state index in [1.807, 2.05) is 18.5 Å². The third-order valence-electron chi connectivity index (χ3n) is 2.25. The monoisotopic (exact) mass is 327 g/mol. The molecule has 0 saturated heterocycles. The SMILES string of the molecule is CCNc1ncnc(NCCc2nccs2)c1Br. The highest BCUT2D eigenvalue weighted by molar-refractivity contribution is 9.10. The molecule has 0 aliphatic carbocycles. The Bertz CT molecular complexity index is 488. The molecule has 18 heavy (non-hydrogen) atoms. The van der Waals surface area contributed by atoms with E-state index in [0.717, 1.165) is 40.6 Å². The first-order valence-electron chi connectivity index (χ1n) is 5.68. The van der Waals surface area contributed by atoms with Crippen LogP contribution in [-0.4, -0.2) is 28.0 Å². The van der Waals surface area contributed by atoms with Crippen LogP contribution in [-0.2, 0) is 6.42 Å². The molecule has 0 aromatic carbocycles. The van der Waals surface area contributed by atoms with E-state index in [-0.39, 0.29) is 0 Å². The minimum atomic E-state index is 0.800. The number of hydrogen-bond donors (Lipinski definition) is 2. The largest absolute Gasteiger partial charge is 0.369 e. The Hall–Kier alpha value is -1.21. The van der Waals surface area contributed by atoms with Gasteiger partial charge in [0.25, 0.3) is 0 Å². The topological polar surface area (TPSA) is 62.7 Å². The molecule has 0 atom stereocenters. The van der Waals surface area contributed by atoms with Crippen molar-refractivity contribution in [1.29, 1.82) is 0 Å². The van der Waals surface area contributed by atoms with Crippen molar-refractivity contribution in [3.05, 3.63) is 27.4 Å². The highest BCUT2D eigenvalue weighted by atomic mass is 79.9. The van der Waals surface area contributed by atoms with Gasteiger partial charge in [-0.15, -0.1) is 11.3 Å². The molecule has 2 N–H and O–H groups in total. The van der Waals surface area contributed by atoms with Gasteiger partial charge in [-0.25, -0.2) is 15.0 Å². The second kappa shape index (κ2) is 6.65. The Labute approximate surface area is 118 Å². The average Bonchev–Trinajstić information content (AvgIpc) is 2.87. The summed E-state index contributed by atoms with van der Waals surface area (Å²) >= 11 is 5.16. The molecule has 2 aromatic heterocycles. The summed E-state index contributed by atoms with van der Waals surface area (Å²) in [6.07, 6.45) is 4.27. The molecule has 0 fully saturated rings. The number of rotatable bonds is 6. The summed E-state index contributed by atoms with van der Waals surface area (Å²) in [5.74, 6) is 1.61. The summed E-state index contributed by atoms with van der Waals surface area (Å²) in [6, 6.07) is 0. The number of aromatic nitrogens is 3. The highest BCUT2D eigenvalue weighted by Crippen LogP contribution is 2.26. The van der Waals surface area contributed by atoms with E-state index in [0.29, 0.717) is 0 Å². The molecule has 0 amide bonds. The number of hydrogen-bond acceptors (Lipinski definition) is 6. The molecule has 0 unspecified atom stereocenters. The Morgan fingerprint density at radius 3 is 2.67 bits per heavy atom.